The maximum Gasteiger partial charge on any atom is 0.315 e. The Balaban J connectivity index is 0.984. The molecule has 3 aromatic carbocycles. The first-order chi connectivity index (χ1) is 21.9. The Morgan fingerprint density at radius 2 is 1.42 bits per heavy atom. The summed E-state index contributed by atoms with van der Waals surface area (Å²) in [7, 11) is 2.13. The Kier molecular flexibility index (Phi) is 8.96. The summed E-state index contributed by atoms with van der Waals surface area (Å²) in [5.41, 5.74) is 5.27. The van der Waals surface area contributed by atoms with Crippen molar-refractivity contribution >= 4 is 6.03 Å². The highest BCUT2D eigenvalue weighted by Crippen LogP contribution is 2.55. The number of benzene rings is 3. The number of carbonyl (C=O) groups excluding carboxylic acids is 1. The number of urea groups is 1. The zero-order valence-corrected chi connectivity index (χ0v) is 26.4. The molecule has 4 aliphatic carbocycles. The molecule has 4 saturated carbocycles. The molecule has 238 valence electrons. The van der Waals surface area contributed by atoms with E-state index in [2.05, 4.69) is 71.1 Å². The molecule has 1 heterocycles. The average molecular weight is 610 g/mol. The van der Waals surface area contributed by atoms with Gasteiger partial charge in [-0.05, 0) is 85.6 Å². The highest BCUT2D eigenvalue weighted by atomic mass is 16.7. The molecule has 2 amide bonds. The zero-order valence-electron chi connectivity index (χ0n) is 26.4. The van der Waals surface area contributed by atoms with Crippen LogP contribution >= 0.6 is 0 Å². The monoisotopic (exact) mass is 609 g/mol. The number of nitrogens with zero attached hydrogens (tertiary/aromatic N) is 1. The van der Waals surface area contributed by atoms with Crippen LogP contribution < -0.4 is 10.6 Å². The molecule has 4 bridgehead atoms. The summed E-state index contributed by atoms with van der Waals surface area (Å²) in [5, 5.41) is 16.1. The second-order valence-corrected chi connectivity index (χ2v) is 14.3. The van der Waals surface area contributed by atoms with Gasteiger partial charge in [-0.15, -0.1) is 0 Å². The van der Waals surface area contributed by atoms with Gasteiger partial charge in [0.15, 0.2) is 6.29 Å². The van der Waals surface area contributed by atoms with E-state index in [0.717, 1.165) is 78.8 Å². The summed E-state index contributed by atoms with van der Waals surface area (Å²) in [6, 6.07) is 26.7. The van der Waals surface area contributed by atoms with Crippen molar-refractivity contribution in [3.8, 4) is 0 Å². The number of likely N-dealkylation sites (N-methyl/N-ethyl adjacent to an activating group) is 1. The quantitative estimate of drug-likeness (QED) is 0.241. The minimum absolute atomic E-state index is 0.0129. The van der Waals surface area contributed by atoms with Crippen molar-refractivity contribution in [3.63, 3.8) is 0 Å². The number of hydrogen-bond acceptors (Lipinski definition) is 5. The van der Waals surface area contributed by atoms with E-state index in [4.69, 9.17) is 9.47 Å². The van der Waals surface area contributed by atoms with E-state index in [9.17, 15) is 9.90 Å². The largest absolute Gasteiger partial charge is 0.392 e. The van der Waals surface area contributed by atoms with Gasteiger partial charge in [-0.3, -0.25) is 4.90 Å². The lowest BCUT2D eigenvalue weighted by Gasteiger charge is -2.56. The smallest absolute Gasteiger partial charge is 0.315 e. The standard InChI is InChI=1S/C38H47N3O4/c1-41(23-27-5-3-2-4-6-27)24-34-18-35(32-11-9-28(25-42)10-12-32)45-36(44-34)33-13-7-26(8-14-33)22-39-37(43)40-38-19-29-15-30(20-38)17-31(16-29)21-38/h2-14,29-31,34-36,42H,15-25H2,1H3,(H2,39,40,43)/t29?,30?,31?,34-,35+,36+,38?/m1/s1. The zero-order chi connectivity index (χ0) is 30.8. The molecule has 7 nitrogen and oxygen atoms in total. The Labute approximate surface area is 267 Å². The number of aliphatic hydroxyl groups excluding tert-OH is 1. The average Bonchev–Trinajstić information content (AvgIpc) is 3.03. The van der Waals surface area contributed by atoms with Crippen LogP contribution in [0.2, 0.25) is 0 Å². The minimum Gasteiger partial charge on any atom is -0.392 e. The molecule has 0 radical (unpaired) electrons. The van der Waals surface area contributed by atoms with Crippen molar-refractivity contribution in [2.75, 3.05) is 13.6 Å². The number of amides is 2. The number of nitrogens with one attached hydrogen (secondary N) is 2. The van der Waals surface area contributed by atoms with E-state index < -0.39 is 6.29 Å². The van der Waals surface area contributed by atoms with Gasteiger partial charge < -0.3 is 25.2 Å². The summed E-state index contributed by atoms with van der Waals surface area (Å²) < 4.78 is 13.1. The van der Waals surface area contributed by atoms with Gasteiger partial charge in [0.1, 0.15) is 0 Å². The van der Waals surface area contributed by atoms with Crippen LogP contribution in [0.3, 0.4) is 0 Å². The number of ether oxygens (including phenoxy) is 2. The lowest BCUT2D eigenvalue weighted by atomic mass is 9.53. The van der Waals surface area contributed by atoms with Gasteiger partial charge in [-0.1, -0.05) is 78.9 Å². The summed E-state index contributed by atoms with van der Waals surface area (Å²) in [6.45, 7) is 2.13. The van der Waals surface area contributed by atoms with E-state index in [1.54, 1.807) is 0 Å². The Bertz CT molecular complexity index is 1390. The molecular weight excluding hydrogens is 562 g/mol. The summed E-state index contributed by atoms with van der Waals surface area (Å²) in [5.74, 6) is 2.41. The molecule has 1 aliphatic heterocycles. The van der Waals surface area contributed by atoms with Gasteiger partial charge in [0.05, 0.1) is 18.8 Å². The maximum atomic E-state index is 13.0. The summed E-state index contributed by atoms with van der Waals surface area (Å²) in [4.78, 5) is 15.3. The number of hydrogen-bond donors (Lipinski definition) is 3. The van der Waals surface area contributed by atoms with Crippen molar-refractivity contribution in [3.05, 3.63) is 107 Å². The van der Waals surface area contributed by atoms with Crippen LogP contribution in [-0.2, 0) is 29.2 Å². The molecule has 3 atom stereocenters. The molecule has 0 unspecified atom stereocenters. The van der Waals surface area contributed by atoms with Crippen LogP contribution in [-0.4, -0.2) is 41.3 Å². The first kappa shape index (κ1) is 30.4. The van der Waals surface area contributed by atoms with Crippen molar-refractivity contribution in [1.29, 1.82) is 0 Å². The Morgan fingerprint density at radius 3 is 2.07 bits per heavy atom. The van der Waals surface area contributed by atoms with E-state index in [1.165, 1.54) is 24.8 Å². The van der Waals surface area contributed by atoms with Crippen molar-refractivity contribution in [2.45, 2.75) is 88.7 Å². The SMILES string of the molecule is CN(Cc1ccccc1)C[C@H]1C[C@@H](c2ccc(CO)cc2)O[C@@H](c2ccc(CNC(=O)NC34CC5CC(CC(C5)C3)C4)cc2)O1. The van der Waals surface area contributed by atoms with Crippen molar-refractivity contribution in [2.24, 2.45) is 17.8 Å². The third-order valence-corrected chi connectivity index (χ3v) is 10.5. The third-order valence-electron chi connectivity index (χ3n) is 10.5. The lowest BCUT2D eigenvalue weighted by Crippen LogP contribution is -2.61. The minimum atomic E-state index is -0.502. The molecule has 5 aliphatic rings. The third kappa shape index (κ3) is 7.28. The van der Waals surface area contributed by atoms with Gasteiger partial charge >= 0.3 is 6.03 Å². The van der Waals surface area contributed by atoms with Crippen molar-refractivity contribution in [1.82, 2.24) is 15.5 Å². The van der Waals surface area contributed by atoms with E-state index in [0.29, 0.717) is 6.54 Å². The van der Waals surface area contributed by atoms with Crippen LogP contribution in [0.25, 0.3) is 0 Å². The van der Waals surface area contributed by atoms with Crippen LogP contribution in [0.15, 0.2) is 78.9 Å². The van der Waals surface area contributed by atoms with Gasteiger partial charge in [0.2, 0.25) is 0 Å². The Hall–Kier alpha value is -3.23. The molecule has 45 heavy (non-hydrogen) atoms. The summed E-state index contributed by atoms with van der Waals surface area (Å²) >= 11 is 0. The fourth-order valence-corrected chi connectivity index (χ4v) is 8.86. The molecule has 0 spiro atoms. The molecule has 5 fully saturated rings. The fraction of sp³-hybridized carbons (Fsp3) is 0.500. The number of rotatable bonds is 10. The van der Waals surface area contributed by atoms with Crippen LogP contribution in [0.1, 0.15) is 85.2 Å². The molecular formula is C38H47N3O4. The first-order valence-corrected chi connectivity index (χ1v) is 16.8. The molecule has 3 N–H and O–H groups in total. The predicted molar refractivity (Wildman–Crippen MR) is 174 cm³/mol. The van der Waals surface area contributed by atoms with Crippen LogP contribution in [0, 0.1) is 17.8 Å². The molecule has 0 aromatic heterocycles. The van der Waals surface area contributed by atoms with Crippen LogP contribution in [0.4, 0.5) is 4.79 Å². The second kappa shape index (κ2) is 13.2. The molecule has 8 rings (SSSR count). The molecule has 7 heteroatoms. The molecule has 1 saturated heterocycles. The predicted octanol–water partition coefficient (Wildman–Crippen LogP) is 6.62. The maximum absolute atomic E-state index is 13.0. The Morgan fingerprint density at radius 1 is 0.800 bits per heavy atom. The van der Waals surface area contributed by atoms with Gasteiger partial charge in [-0.2, -0.15) is 0 Å². The van der Waals surface area contributed by atoms with Crippen LogP contribution in [0.5, 0.6) is 0 Å². The topological polar surface area (TPSA) is 83.1 Å². The van der Waals surface area contributed by atoms with E-state index in [-0.39, 0.29) is 30.4 Å². The van der Waals surface area contributed by atoms with E-state index in [1.807, 2.05) is 30.3 Å². The highest BCUT2D eigenvalue weighted by molar-refractivity contribution is 5.75. The first-order valence-electron chi connectivity index (χ1n) is 16.8. The normalized spacial score (nSPS) is 30.4. The number of carbonyl (C=O) groups is 1. The number of aliphatic hydroxyl groups is 1. The van der Waals surface area contributed by atoms with Gasteiger partial charge in [0, 0.05) is 37.2 Å². The van der Waals surface area contributed by atoms with Gasteiger partial charge in [0.25, 0.3) is 0 Å². The second-order valence-electron chi connectivity index (χ2n) is 14.3. The summed E-state index contributed by atoms with van der Waals surface area (Å²) in [6.07, 6.45) is 7.65. The highest BCUT2D eigenvalue weighted by Gasteiger charge is 2.51. The fourth-order valence-electron chi connectivity index (χ4n) is 8.86. The molecule has 3 aromatic rings. The van der Waals surface area contributed by atoms with Crippen molar-refractivity contribution < 1.29 is 19.4 Å². The lowest BCUT2D eigenvalue weighted by molar-refractivity contribution is -0.252. The van der Waals surface area contributed by atoms with E-state index >= 15 is 0 Å². The van der Waals surface area contributed by atoms with Gasteiger partial charge in [-0.25, -0.2) is 4.79 Å².